The van der Waals surface area contributed by atoms with Crippen molar-refractivity contribution >= 4 is 34.0 Å². The summed E-state index contributed by atoms with van der Waals surface area (Å²) in [5.41, 5.74) is 1.70. The van der Waals surface area contributed by atoms with Gasteiger partial charge in [-0.2, -0.15) is 0 Å². The molecule has 6 heteroatoms. The lowest BCUT2D eigenvalue weighted by atomic mass is 10.2. The lowest BCUT2D eigenvalue weighted by Gasteiger charge is -2.09. The molecular formula is C13H19ClN2O2S. The summed E-state index contributed by atoms with van der Waals surface area (Å²) in [6.45, 7) is 2.83. The Morgan fingerprint density at radius 2 is 2.16 bits per heavy atom. The standard InChI is InChI=1S/C13H19ClN2O2S/c1-10-4-5-11(14)8-12(10)16-13(17)9-15-6-3-7-19(2)18/h4-5,8,15H,3,6-7,9H2,1-2H3,(H,16,17). The number of aryl methyl sites for hydroxylation is 1. The van der Waals surface area contributed by atoms with Crippen LogP contribution in [-0.4, -0.2) is 35.2 Å². The summed E-state index contributed by atoms with van der Waals surface area (Å²) in [6.07, 6.45) is 2.47. The summed E-state index contributed by atoms with van der Waals surface area (Å²) in [5, 5.41) is 6.42. The Morgan fingerprint density at radius 3 is 2.84 bits per heavy atom. The lowest BCUT2D eigenvalue weighted by Crippen LogP contribution is -2.29. The van der Waals surface area contributed by atoms with Crippen molar-refractivity contribution in [2.75, 3.05) is 30.4 Å². The van der Waals surface area contributed by atoms with Crippen LogP contribution < -0.4 is 10.6 Å². The van der Waals surface area contributed by atoms with E-state index in [4.69, 9.17) is 11.6 Å². The molecule has 0 aromatic heterocycles. The molecule has 2 N–H and O–H groups in total. The third-order valence-corrected chi connectivity index (χ3v) is 3.64. The molecule has 1 rings (SSSR count). The van der Waals surface area contributed by atoms with E-state index in [0.717, 1.165) is 17.7 Å². The highest BCUT2D eigenvalue weighted by Gasteiger charge is 2.05. The molecule has 0 saturated carbocycles. The third kappa shape index (κ3) is 6.71. The topological polar surface area (TPSA) is 58.2 Å². The van der Waals surface area contributed by atoms with E-state index < -0.39 is 10.8 Å². The average Bonchev–Trinajstić information content (AvgIpc) is 2.33. The van der Waals surface area contributed by atoms with Gasteiger partial charge in [-0.25, -0.2) is 0 Å². The molecule has 1 aromatic rings. The monoisotopic (exact) mass is 302 g/mol. The number of carbonyl (C=O) groups is 1. The molecule has 0 saturated heterocycles. The van der Waals surface area contributed by atoms with Crippen LogP contribution in [0.4, 0.5) is 5.69 Å². The summed E-state index contributed by atoms with van der Waals surface area (Å²) in [5.74, 6) is 0.546. The normalized spacial score (nSPS) is 12.2. The fourth-order valence-electron chi connectivity index (χ4n) is 1.53. The molecular weight excluding hydrogens is 284 g/mol. The SMILES string of the molecule is Cc1ccc(Cl)cc1NC(=O)CNCCCS(C)=O. The van der Waals surface area contributed by atoms with Crippen LogP contribution in [-0.2, 0) is 15.6 Å². The summed E-state index contributed by atoms with van der Waals surface area (Å²) < 4.78 is 10.8. The molecule has 0 aliphatic heterocycles. The van der Waals surface area contributed by atoms with Gasteiger partial charge in [0.15, 0.2) is 0 Å². The minimum Gasteiger partial charge on any atom is -0.325 e. The van der Waals surface area contributed by atoms with E-state index in [1.54, 1.807) is 18.4 Å². The predicted molar refractivity (Wildman–Crippen MR) is 81.2 cm³/mol. The van der Waals surface area contributed by atoms with Crippen LogP contribution in [0.3, 0.4) is 0 Å². The predicted octanol–water partition coefficient (Wildman–Crippen LogP) is 1.95. The van der Waals surface area contributed by atoms with E-state index in [-0.39, 0.29) is 12.5 Å². The van der Waals surface area contributed by atoms with Crippen molar-refractivity contribution < 1.29 is 9.00 Å². The summed E-state index contributed by atoms with van der Waals surface area (Å²) in [4.78, 5) is 11.7. The fourth-order valence-corrected chi connectivity index (χ4v) is 2.25. The fraction of sp³-hybridized carbons (Fsp3) is 0.462. The number of carbonyl (C=O) groups excluding carboxylic acids is 1. The Kier molecular flexibility index (Phi) is 7.05. The maximum atomic E-state index is 11.7. The van der Waals surface area contributed by atoms with Crippen molar-refractivity contribution in [1.29, 1.82) is 0 Å². The largest absolute Gasteiger partial charge is 0.325 e. The number of anilines is 1. The Hall–Kier alpha value is -0.910. The maximum absolute atomic E-state index is 11.7. The smallest absolute Gasteiger partial charge is 0.238 e. The van der Waals surface area contributed by atoms with Crippen molar-refractivity contribution in [3.8, 4) is 0 Å². The summed E-state index contributed by atoms with van der Waals surface area (Å²) in [7, 11) is -0.772. The van der Waals surface area contributed by atoms with Gasteiger partial charge in [-0.05, 0) is 37.6 Å². The second kappa shape index (κ2) is 8.30. The first-order valence-corrected chi connectivity index (χ1v) is 8.16. The van der Waals surface area contributed by atoms with Crippen LogP contribution >= 0.6 is 11.6 Å². The van der Waals surface area contributed by atoms with E-state index in [0.29, 0.717) is 17.3 Å². The summed E-state index contributed by atoms with van der Waals surface area (Å²) >= 11 is 5.88. The van der Waals surface area contributed by atoms with Gasteiger partial charge in [-0.15, -0.1) is 0 Å². The zero-order valence-corrected chi connectivity index (χ0v) is 12.7. The minimum absolute atomic E-state index is 0.108. The van der Waals surface area contributed by atoms with E-state index in [1.807, 2.05) is 13.0 Å². The van der Waals surface area contributed by atoms with Crippen LogP contribution in [0.15, 0.2) is 18.2 Å². The zero-order valence-electron chi connectivity index (χ0n) is 11.2. The molecule has 0 spiro atoms. The second-order valence-electron chi connectivity index (χ2n) is 4.32. The van der Waals surface area contributed by atoms with Crippen LogP contribution in [0, 0.1) is 6.92 Å². The molecule has 0 bridgehead atoms. The molecule has 1 amide bonds. The lowest BCUT2D eigenvalue weighted by molar-refractivity contribution is -0.115. The number of halogens is 1. The van der Waals surface area contributed by atoms with Gasteiger partial charge >= 0.3 is 0 Å². The van der Waals surface area contributed by atoms with Gasteiger partial charge < -0.3 is 10.6 Å². The van der Waals surface area contributed by atoms with Gasteiger partial charge in [0.2, 0.25) is 5.91 Å². The number of nitrogens with one attached hydrogen (secondary N) is 2. The maximum Gasteiger partial charge on any atom is 0.238 e. The number of hydrogen-bond acceptors (Lipinski definition) is 3. The Bertz CT molecular complexity index is 466. The molecule has 0 radical (unpaired) electrons. The van der Waals surface area contributed by atoms with Crippen LogP contribution in [0.25, 0.3) is 0 Å². The van der Waals surface area contributed by atoms with E-state index >= 15 is 0 Å². The number of amides is 1. The van der Waals surface area contributed by atoms with Crippen LogP contribution in [0.1, 0.15) is 12.0 Å². The molecule has 19 heavy (non-hydrogen) atoms. The van der Waals surface area contributed by atoms with Crippen molar-refractivity contribution in [3.63, 3.8) is 0 Å². The van der Waals surface area contributed by atoms with Gasteiger partial charge in [0.05, 0.1) is 6.54 Å². The first-order chi connectivity index (χ1) is 8.99. The number of hydrogen-bond donors (Lipinski definition) is 2. The third-order valence-electron chi connectivity index (χ3n) is 2.54. The molecule has 0 aliphatic rings. The molecule has 1 unspecified atom stereocenters. The minimum atomic E-state index is -0.772. The van der Waals surface area contributed by atoms with Crippen molar-refractivity contribution in [3.05, 3.63) is 28.8 Å². The molecule has 0 aliphatic carbocycles. The zero-order chi connectivity index (χ0) is 14.3. The second-order valence-corrected chi connectivity index (χ2v) is 6.31. The van der Waals surface area contributed by atoms with E-state index in [2.05, 4.69) is 10.6 Å². The van der Waals surface area contributed by atoms with Gasteiger partial charge in [-0.1, -0.05) is 17.7 Å². The van der Waals surface area contributed by atoms with Gasteiger partial charge in [0.25, 0.3) is 0 Å². The van der Waals surface area contributed by atoms with Crippen molar-refractivity contribution in [2.24, 2.45) is 0 Å². The van der Waals surface area contributed by atoms with Gasteiger partial charge in [0.1, 0.15) is 0 Å². The molecule has 1 aromatic carbocycles. The average molecular weight is 303 g/mol. The number of benzene rings is 1. The molecule has 0 fully saturated rings. The highest BCUT2D eigenvalue weighted by molar-refractivity contribution is 7.84. The van der Waals surface area contributed by atoms with Crippen LogP contribution in [0.5, 0.6) is 0 Å². The summed E-state index contributed by atoms with van der Waals surface area (Å²) in [6, 6.07) is 5.38. The van der Waals surface area contributed by atoms with Gasteiger partial charge in [-0.3, -0.25) is 9.00 Å². The molecule has 4 nitrogen and oxygen atoms in total. The first-order valence-electron chi connectivity index (χ1n) is 6.06. The van der Waals surface area contributed by atoms with Crippen LogP contribution in [0.2, 0.25) is 5.02 Å². The van der Waals surface area contributed by atoms with E-state index in [1.165, 1.54) is 0 Å². The van der Waals surface area contributed by atoms with Gasteiger partial charge in [0, 0.05) is 33.5 Å². The first kappa shape index (κ1) is 16.1. The van der Waals surface area contributed by atoms with Crippen molar-refractivity contribution in [1.82, 2.24) is 5.32 Å². The Morgan fingerprint density at radius 1 is 1.42 bits per heavy atom. The Balaban J connectivity index is 2.31. The molecule has 1 atom stereocenters. The molecule has 106 valence electrons. The quantitative estimate of drug-likeness (QED) is 0.757. The Labute approximate surface area is 121 Å². The highest BCUT2D eigenvalue weighted by atomic mass is 35.5. The number of rotatable bonds is 7. The van der Waals surface area contributed by atoms with Crippen molar-refractivity contribution in [2.45, 2.75) is 13.3 Å². The highest BCUT2D eigenvalue weighted by Crippen LogP contribution is 2.19. The van der Waals surface area contributed by atoms with E-state index in [9.17, 15) is 9.00 Å². The molecule has 0 heterocycles.